The van der Waals surface area contributed by atoms with Crippen molar-refractivity contribution >= 4 is 23.0 Å². The smallest absolute Gasteiger partial charge is 0.250 e. The van der Waals surface area contributed by atoms with Crippen LogP contribution in [-0.2, 0) is 0 Å². The van der Waals surface area contributed by atoms with Crippen molar-refractivity contribution in [2.24, 2.45) is 5.73 Å². The number of methoxy groups -OCH3 is 1. The van der Waals surface area contributed by atoms with E-state index in [1.54, 1.807) is 0 Å². The Balaban J connectivity index is 2.44. The SMILES string of the molecule is COc1ccc(F)c(Nc2cc(C(N)=O)c(N)cc2F)c1. The van der Waals surface area contributed by atoms with Crippen LogP contribution < -0.4 is 21.5 Å². The average molecular weight is 293 g/mol. The third-order valence-electron chi connectivity index (χ3n) is 2.85. The second-order valence-electron chi connectivity index (χ2n) is 4.25. The largest absolute Gasteiger partial charge is 0.497 e. The summed E-state index contributed by atoms with van der Waals surface area (Å²) in [7, 11) is 1.42. The number of carbonyl (C=O) groups is 1. The number of amides is 1. The molecular weight excluding hydrogens is 280 g/mol. The van der Waals surface area contributed by atoms with E-state index in [2.05, 4.69) is 5.32 Å². The molecule has 1 amide bonds. The molecule has 0 aliphatic heterocycles. The molecule has 21 heavy (non-hydrogen) atoms. The van der Waals surface area contributed by atoms with Crippen LogP contribution in [0, 0.1) is 11.6 Å². The normalized spacial score (nSPS) is 10.2. The number of hydrogen-bond acceptors (Lipinski definition) is 4. The lowest BCUT2D eigenvalue weighted by atomic mass is 10.1. The highest BCUT2D eigenvalue weighted by molar-refractivity contribution is 5.99. The number of nitrogens with one attached hydrogen (secondary N) is 1. The van der Waals surface area contributed by atoms with Crippen LogP contribution in [0.25, 0.3) is 0 Å². The van der Waals surface area contributed by atoms with Gasteiger partial charge in [-0.1, -0.05) is 0 Å². The molecule has 0 saturated heterocycles. The van der Waals surface area contributed by atoms with Gasteiger partial charge < -0.3 is 21.5 Å². The van der Waals surface area contributed by atoms with Crippen LogP contribution in [0.2, 0.25) is 0 Å². The molecule has 2 aromatic rings. The molecule has 0 aromatic heterocycles. The first kappa shape index (κ1) is 14.6. The second kappa shape index (κ2) is 5.66. The van der Waals surface area contributed by atoms with E-state index in [4.69, 9.17) is 16.2 Å². The monoisotopic (exact) mass is 293 g/mol. The van der Waals surface area contributed by atoms with E-state index >= 15 is 0 Å². The predicted molar refractivity (Wildman–Crippen MR) is 75.6 cm³/mol. The Morgan fingerprint density at radius 3 is 2.43 bits per heavy atom. The van der Waals surface area contributed by atoms with Gasteiger partial charge >= 0.3 is 0 Å². The van der Waals surface area contributed by atoms with Gasteiger partial charge in [-0.05, 0) is 24.3 Å². The highest BCUT2D eigenvalue weighted by Crippen LogP contribution is 2.28. The Labute approximate surface area is 119 Å². The fourth-order valence-electron chi connectivity index (χ4n) is 1.77. The van der Waals surface area contributed by atoms with E-state index < -0.39 is 17.5 Å². The summed E-state index contributed by atoms with van der Waals surface area (Å²) in [6.45, 7) is 0. The van der Waals surface area contributed by atoms with Crippen molar-refractivity contribution in [2.45, 2.75) is 0 Å². The molecule has 5 nitrogen and oxygen atoms in total. The first-order valence-corrected chi connectivity index (χ1v) is 5.91. The molecule has 110 valence electrons. The molecule has 0 fully saturated rings. The van der Waals surface area contributed by atoms with E-state index in [9.17, 15) is 13.6 Å². The van der Waals surface area contributed by atoms with E-state index in [-0.39, 0.29) is 22.6 Å². The minimum atomic E-state index is -0.804. The van der Waals surface area contributed by atoms with Gasteiger partial charge in [0.15, 0.2) is 0 Å². The van der Waals surface area contributed by atoms with E-state index in [0.29, 0.717) is 5.75 Å². The average Bonchev–Trinajstić information content (AvgIpc) is 2.43. The van der Waals surface area contributed by atoms with Crippen LogP contribution in [-0.4, -0.2) is 13.0 Å². The number of rotatable bonds is 4. The molecule has 0 heterocycles. The van der Waals surface area contributed by atoms with Crippen LogP contribution in [0.3, 0.4) is 0 Å². The molecule has 7 heteroatoms. The van der Waals surface area contributed by atoms with Gasteiger partial charge in [0, 0.05) is 11.8 Å². The molecule has 0 aliphatic rings. The zero-order chi connectivity index (χ0) is 15.6. The van der Waals surface area contributed by atoms with Gasteiger partial charge in [-0.15, -0.1) is 0 Å². The Hall–Kier alpha value is -2.83. The van der Waals surface area contributed by atoms with Crippen molar-refractivity contribution < 1.29 is 18.3 Å². The number of nitrogen functional groups attached to an aromatic ring is 1. The molecule has 0 radical (unpaired) electrons. The van der Waals surface area contributed by atoms with Gasteiger partial charge in [-0.25, -0.2) is 8.78 Å². The number of primary amides is 1. The van der Waals surface area contributed by atoms with Crippen molar-refractivity contribution in [3.05, 3.63) is 47.5 Å². The maximum absolute atomic E-state index is 13.8. The third-order valence-corrected chi connectivity index (χ3v) is 2.85. The van der Waals surface area contributed by atoms with Crippen LogP contribution in [0.5, 0.6) is 5.75 Å². The maximum atomic E-state index is 13.8. The molecule has 0 atom stereocenters. The highest BCUT2D eigenvalue weighted by atomic mass is 19.1. The number of ether oxygens (including phenoxy) is 1. The summed E-state index contributed by atoms with van der Waals surface area (Å²) in [6.07, 6.45) is 0. The molecule has 5 N–H and O–H groups in total. The first-order chi connectivity index (χ1) is 9.92. The molecular formula is C14H13F2N3O2. The molecule has 2 rings (SSSR count). The van der Waals surface area contributed by atoms with Gasteiger partial charge in [0.1, 0.15) is 17.4 Å². The van der Waals surface area contributed by atoms with E-state index in [1.807, 2.05) is 0 Å². The third kappa shape index (κ3) is 3.02. The number of nitrogens with two attached hydrogens (primary N) is 2. The predicted octanol–water partition coefficient (Wildman–Crippen LogP) is 2.40. The number of hydrogen-bond donors (Lipinski definition) is 3. The number of carbonyl (C=O) groups excluding carboxylic acids is 1. The minimum absolute atomic E-state index is 0.00607. The number of halogens is 2. The van der Waals surface area contributed by atoms with Gasteiger partial charge in [0.2, 0.25) is 0 Å². The van der Waals surface area contributed by atoms with Crippen LogP contribution in [0.15, 0.2) is 30.3 Å². The Morgan fingerprint density at radius 1 is 1.14 bits per heavy atom. The minimum Gasteiger partial charge on any atom is -0.497 e. The molecule has 2 aromatic carbocycles. The zero-order valence-electron chi connectivity index (χ0n) is 11.1. The lowest BCUT2D eigenvalue weighted by molar-refractivity contribution is 0.100. The van der Waals surface area contributed by atoms with Crippen molar-refractivity contribution in [3.63, 3.8) is 0 Å². The van der Waals surface area contributed by atoms with E-state index in [0.717, 1.165) is 12.1 Å². The van der Waals surface area contributed by atoms with Crippen molar-refractivity contribution in [3.8, 4) is 5.75 Å². The topological polar surface area (TPSA) is 90.4 Å². The van der Waals surface area contributed by atoms with Crippen LogP contribution >= 0.6 is 0 Å². The summed E-state index contributed by atoms with van der Waals surface area (Å²) in [5.74, 6) is -1.75. The Kier molecular flexibility index (Phi) is 3.93. The molecule has 0 bridgehead atoms. The van der Waals surface area contributed by atoms with E-state index in [1.165, 1.54) is 25.3 Å². The van der Waals surface area contributed by atoms with Gasteiger partial charge in [0.25, 0.3) is 5.91 Å². The summed E-state index contributed by atoms with van der Waals surface area (Å²) in [5, 5.41) is 2.54. The highest BCUT2D eigenvalue weighted by Gasteiger charge is 2.13. The van der Waals surface area contributed by atoms with Crippen molar-refractivity contribution in [1.29, 1.82) is 0 Å². The molecule has 0 spiro atoms. The Morgan fingerprint density at radius 2 is 1.81 bits per heavy atom. The summed E-state index contributed by atoms with van der Waals surface area (Å²) in [6, 6.07) is 6.03. The Bertz CT molecular complexity index is 705. The first-order valence-electron chi connectivity index (χ1n) is 5.91. The number of benzene rings is 2. The van der Waals surface area contributed by atoms with Crippen molar-refractivity contribution in [1.82, 2.24) is 0 Å². The van der Waals surface area contributed by atoms with Gasteiger partial charge in [-0.2, -0.15) is 0 Å². The summed E-state index contributed by atoms with van der Waals surface area (Å²) < 4.78 is 32.5. The second-order valence-corrected chi connectivity index (χ2v) is 4.25. The lowest BCUT2D eigenvalue weighted by Gasteiger charge is -2.12. The quantitative estimate of drug-likeness (QED) is 0.755. The zero-order valence-corrected chi connectivity index (χ0v) is 11.1. The van der Waals surface area contributed by atoms with Gasteiger partial charge in [-0.3, -0.25) is 4.79 Å². The lowest BCUT2D eigenvalue weighted by Crippen LogP contribution is -2.14. The van der Waals surface area contributed by atoms with Gasteiger partial charge in [0.05, 0.1) is 24.0 Å². The van der Waals surface area contributed by atoms with Crippen molar-refractivity contribution in [2.75, 3.05) is 18.2 Å². The fraction of sp³-hybridized carbons (Fsp3) is 0.0714. The van der Waals surface area contributed by atoms with Crippen LogP contribution in [0.1, 0.15) is 10.4 Å². The molecule has 0 saturated carbocycles. The summed E-state index contributed by atoms with van der Waals surface area (Å²) in [5.41, 5.74) is 10.4. The standard InChI is InChI=1S/C14H13F2N3O2/c1-21-7-2-3-9(15)12(4-7)19-13-5-8(14(18)20)11(17)6-10(13)16/h2-6,19H,17H2,1H3,(H2,18,20). The van der Waals surface area contributed by atoms with Crippen LogP contribution in [0.4, 0.5) is 25.8 Å². The number of anilines is 3. The summed E-state index contributed by atoms with van der Waals surface area (Å²) in [4.78, 5) is 11.2. The molecule has 0 aliphatic carbocycles. The molecule has 0 unspecified atom stereocenters. The fourth-order valence-corrected chi connectivity index (χ4v) is 1.77. The maximum Gasteiger partial charge on any atom is 0.250 e. The summed E-state index contributed by atoms with van der Waals surface area (Å²) >= 11 is 0.